The number of pyridine rings is 1. The Kier molecular flexibility index (Phi) is 4.81. The molecule has 2 atom stereocenters. The van der Waals surface area contributed by atoms with E-state index >= 15 is 0 Å². The van der Waals surface area contributed by atoms with E-state index in [1.807, 2.05) is 30.0 Å². The first-order chi connectivity index (χ1) is 11.7. The zero-order valence-electron chi connectivity index (χ0n) is 14.5. The molecule has 1 aromatic rings. The number of sulfone groups is 1. The van der Waals surface area contributed by atoms with Crippen molar-refractivity contribution < 1.29 is 18.0 Å². The van der Waals surface area contributed by atoms with Crippen LogP contribution in [0.4, 0.5) is 0 Å². The largest absolute Gasteiger partial charge is 0.337 e. The number of likely N-dealkylation sites (tertiary alicyclic amines) is 2. The van der Waals surface area contributed by atoms with Gasteiger partial charge < -0.3 is 9.80 Å². The minimum absolute atomic E-state index is 0.00278. The van der Waals surface area contributed by atoms with Crippen LogP contribution in [-0.4, -0.2) is 65.7 Å². The lowest BCUT2D eigenvalue weighted by Crippen LogP contribution is -2.40. The highest BCUT2D eigenvalue weighted by atomic mass is 32.2. The van der Waals surface area contributed by atoms with Crippen LogP contribution in [0.3, 0.4) is 0 Å². The molecule has 3 heterocycles. The van der Waals surface area contributed by atoms with E-state index in [9.17, 15) is 18.0 Å². The van der Waals surface area contributed by atoms with Gasteiger partial charge >= 0.3 is 0 Å². The van der Waals surface area contributed by atoms with Crippen LogP contribution in [0, 0.1) is 6.92 Å². The van der Waals surface area contributed by atoms with Crippen LogP contribution in [0.25, 0.3) is 0 Å². The summed E-state index contributed by atoms with van der Waals surface area (Å²) >= 11 is 0. The lowest BCUT2D eigenvalue weighted by Gasteiger charge is -2.25. The Balaban J connectivity index is 1.67. The van der Waals surface area contributed by atoms with Gasteiger partial charge in [-0.1, -0.05) is 6.07 Å². The predicted octanol–water partition coefficient (Wildman–Crippen LogP) is 0.527. The summed E-state index contributed by atoms with van der Waals surface area (Å²) in [5.74, 6) is -0.301. The van der Waals surface area contributed by atoms with Crippen LogP contribution < -0.4 is 0 Å². The molecule has 7 nitrogen and oxygen atoms in total. The summed E-state index contributed by atoms with van der Waals surface area (Å²) in [4.78, 5) is 32.8. The lowest BCUT2D eigenvalue weighted by atomic mass is 10.1. The Morgan fingerprint density at radius 3 is 2.76 bits per heavy atom. The van der Waals surface area contributed by atoms with Crippen molar-refractivity contribution in [1.82, 2.24) is 14.8 Å². The molecular weight excluding hydrogens is 342 g/mol. The minimum Gasteiger partial charge on any atom is -0.337 e. The van der Waals surface area contributed by atoms with Crippen molar-refractivity contribution in [2.75, 3.05) is 18.6 Å². The monoisotopic (exact) mass is 365 g/mol. The highest BCUT2D eigenvalue weighted by Crippen LogP contribution is 2.33. The molecule has 2 aliphatic heterocycles. The third-order valence-electron chi connectivity index (χ3n) is 4.90. The highest BCUT2D eigenvalue weighted by molar-refractivity contribution is 7.90. The summed E-state index contributed by atoms with van der Waals surface area (Å²) in [5, 5.41) is 0. The summed E-state index contributed by atoms with van der Waals surface area (Å²) in [6, 6.07) is 5.58. The van der Waals surface area contributed by atoms with E-state index in [1.54, 1.807) is 4.90 Å². The zero-order chi connectivity index (χ0) is 18.2. The van der Waals surface area contributed by atoms with E-state index in [-0.39, 0.29) is 36.1 Å². The maximum absolute atomic E-state index is 12.4. The molecule has 0 radical (unpaired) electrons. The van der Waals surface area contributed by atoms with Gasteiger partial charge in [0.25, 0.3) is 0 Å². The van der Waals surface area contributed by atoms with Gasteiger partial charge in [-0.3, -0.25) is 14.6 Å². The molecule has 0 saturated carbocycles. The van der Waals surface area contributed by atoms with Gasteiger partial charge in [-0.05, 0) is 25.5 Å². The number of nitrogens with zero attached hydrogens (tertiary/aromatic N) is 3. The summed E-state index contributed by atoms with van der Waals surface area (Å²) in [5.41, 5.74) is 1.75. The van der Waals surface area contributed by atoms with E-state index in [2.05, 4.69) is 4.98 Å². The molecule has 0 bridgehead atoms. The second kappa shape index (κ2) is 6.74. The van der Waals surface area contributed by atoms with E-state index in [0.29, 0.717) is 19.5 Å². The number of rotatable bonds is 5. The van der Waals surface area contributed by atoms with Crippen molar-refractivity contribution in [1.29, 1.82) is 0 Å². The molecule has 2 amide bonds. The molecule has 136 valence electrons. The van der Waals surface area contributed by atoms with Gasteiger partial charge in [-0.2, -0.15) is 0 Å². The first-order valence-corrected chi connectivity index (χ1v) is 10.5. The lowest BCUT2D eigenvalue weighted by molar-refractivity contribution is -0.131. The van der Waals surface area contributed by atoms with E-state index in [0.717, 1.165) is 24.1 Å². The average molecular weight is 365 g/mol. The Morgan fingerprint density at radius 2 is 2.08 bits per heavy atom. The first kappa shape index (κ1) is 17.8. The number of fused-ring (bicyclic) bond motifs is 1. The average Bonchev–Trinajstić information content (AvgIpc) is 3.05. The van der Waals surface area contributed by atoms with E-state index in [4.69, 9.17) is 0 Å². The van der Waals surface area contributed by atoms with Crippen LogP contribution >= 0.6 is 0 Å². The number of hydrogen-bond acceptors (Lipinski definition) is 5. The maximum atomic E-state index is 12.4. The van der Waals surface area contributed by atoms with Crippen molar-refractivity contribution in [3.05, 3.63) is 29.6 Å². The quantitative estimate of drug-likeness (QED) is 0.759. The van der Waals surface area contributed by atoms with Crippen molar-refractivity contribution in [2.45, 2.75) is 44.8 Å². The van der Waals surface area contributed by atoms with Crippen molar-refractivity contribution in [3.63, 3.8) is 0 Å². The van der Waals surface area contributed by atoms with E-state index in [1.165, 1.54) is 0 Å². The normalized spacial score (nSPS) is 23.2. The molecule has 25 heavy (non-hydrogen) atoms. The Bertz CT molecular complexity index is 793. The fraction of sp³-hybridized carbons (Fsp3) is 0.588. The first-order valence-electron chi connectivity index (χ1n) is 8.44. The van der Waals surface area contributed by atoms with Gasteiger partial charge in [0, 0.05) is 31.3 Å². The molecule has 8 heteroatoms. The number of hydrogen-bond donors (Lipinski definition) is 0. The SMILES string of the molecule is Cc1cccc(CN2C(=O)C[C@H]3[C@@H]2CCN3C(=O)CCS(C)(=O)=O)n1. The summed E-state index contributed by atoms with van der Waals surface area (Å²) < 4.78 is 22.5. The molecule has 0 aromatic carbocycles. The standard InChI is InChI=1S/C17H23N3O4S/c1-12-4-3-5-13(18-12)11-20-14-6-8-19(15(14)10-17(20)22)16(21)7-9-25(2,23)24/h3-5,14-15H,6-11H2,1-2H3/t14-,15-/m0/s1. The maximum Gasteiger partial charge on any atom is 0.225 e. The molecule has 0 aliphatic carbocycles. The third kappa shape index (κ3) is 4.00. The van der Waals surface area contributed by atoms with Gasteiger partial charge in [0.05, 0.1) is 30.1 Å². The number of carbonyl (C=O) groups excluding carboxylic acids is 2. The third-order valence-corrected chi connectivity index (χ3v) is 5.85. The van der Waals surface area contributed by atoms with Gasteiger partial charge in [-0.25, -0.2) is 8.42 Å². The molecule has 0 unspecified atom stereocenters. The Hall–Kier alpha value is -1.96. The summed E-state index contributed by atoms with van der Waals surface area (Å²) in [7, 11) is -3.17. The molecule has 2 aliphatic rings. The molecule has 2 saturated heterocycles. The summed E-state index contributed by atoms with van der Waals surface area (Å²) in [6.45, 7) is 2.94. The van der Waals surface area contributed by atoms with Crippen LogP contribution in [-0.2, 0) is 26.0 Å². The van der Waals surface area contributed by atoms with Gasteiger partial charge in [0.2, 0.25) is 11.8 Å². The Morgan fingerprint density at radius 1 is 1.32 bits per heavy atom. The number of aryl methyl sites for hydroxylation is 1. The fourth-order valence-electron chi connectivity index (χ4n) is 3.72. The molecule has 2 fully saturated rings. The predicted molar refractivity (Wildman–Crippen MR) is 92.4 cm³/mol. The zero-order valence-corrected chi connectivity index (χ0v) is 15.3. The fourth-order valence-corrected chi connectivity index (χ4v) is 4.27. The number of carbonyl (C=O) groups is 2. The van der Waals surface area contributed by atoms with Crippen LogP contribution in [0.1, 0.15) is 30.7 Å². The molecule has 0 spiro atoms. The van der Waals surface area contributed by atoms with Crippen LogP contribution in [0.2, 0.25) is 0 Å². The molecule has 1 aromatic heterocycles. The molecule has 3 rings (SSSR count). The second-order valence-corrected chi connectivity index (χ2v) is 9.15. The van der Waals surface area contributed by atoms with E-state index < -0.39 is 9.84 Å². The molecular formula is C17H23N3O4S. The second-order valence-electron chi connectivity index (χ2n) is 6.89. The smallest absolute Gasteiger partial charge is 0.225 e. The van der Waals surface area contributed by atoms with Crippen LogP contribution in [0.15, 0.2) is 18.2 Å². The molecule has 0 N–H and O–H groups in total. The minimum atomic E-state index is -3.17. The van der Waals surface area contributed by atoms with Gasteiger partial charge in [0.1, 0.15) is 9.84 Å². The van der Waals surface area contributed by atoms with Gasteiger partial charge in [-0.15, -0.1) is 0 Å². The number of amides is 2. The van der Waals surface area contributed by atoms with Crippen molar-refractivity contribution in [3.8, 4) is 0 Å². The highest BCUT2D eigenvalue weighted by Gasteiger charge is 2.48. The van der Waals surface area contributed by atoms with Crippen LogP contribution in [0.5, 0.6) is 0 Å². The number of aromatic nitrogens is 1. The topological polar surface area (TPSA) is 87.7 Å². The van der Waals surface area contributed by atoms with Gasteiger partial charge in [0.15, 0.2) is 0 Å². The Labute approximate surface area is 147 Å². The summed E-state index contributed by atoms with van der Waals surface area (Å²) in [6.07, 6.45) is 2.15. The van der Waals surface area contributed by atoms with Crippen molar-refractivity contribution in [2.24, 2.45) is 0 Å². The van der Waals surface area contributed by atoms with Crippen molar-refractivity contribution >= 4 is 21.7 Å².